The van der Waals surface area contributed by atoms with Gasteiger partial charge < -0.3 is 10.1 Å². The Morgan fingerprint density at radius 1 is 1.69 bits per heavy atom. The molecule has 0 unspecified atom stereocenters. The molecule has 1 N–H and O–H groups in total. The van der Waals surface area contributed by atoms with Gasteiger partial charge in [0.15, 0.2) is 0 Å². The van der Waals surface area contributed by atoms with Crippen LogP contribution in [0.25, 0.3) is 0 Å². The van der Waals surface area contributed by atoms with E-state index >= 15 is 0 Å². The summed E-state index contributed by atoms with van der Waals surface area (Å²) in [6.07, 6.45) is 2.64. The molecule has 0 aromatic carbocycles. The van der Waals surface area contributed by atoms with Crippen LogP contribution in [0, 0.1) is 0 Å². The van der Waals surface area contributed by atoms with Gasteiger partial charge in [-0.2, -0.15) is 0 Å². The monoisotopic (exact) mass is 199 g/mol. The summed E-state index contributed by atoms with van der Waals surface area (Å²) in [4.78, 5) is 0. The first-order valence-corrected chi connectivity index (χ1v) is 5.40. The first kappa shape index (κ1) is 8.90. The van der Waals surface area contributed by atoms with Crippen molar-refractivity contribution in [3.63, 3.8) is 0 Å². The Labute approximate surface area is 81.3 Å². The van der Waals surface area contributed by atoms with Crippen LogP contribution < -0.4 is 5.32 Å². The highest BCUT2D eigenvalue weighted by molar-refractivity contribution is 7.13. The number of anilines is 1. The zero-order chi connectivity index (χ0) is 9.10. The molecule has 0 spiro atoms. The maximum absolute atomic E-state index is 5.45. The van der Waals surface area contributed by atoms with Gasteiger partial charge in [0.25, 0.3) is 0 Å². The second-order valence-electron chi connectivity index (χ2n) is 3.13. The normalized spacial score (nSPS) is 26.8. The Hall–Kier alpha value is -0.680. The van der Waals surface area contributed by atoms with Crippen molar-refractivity contribution in [2.75, 3.05) is 11.9 Å². The maximum atomic E-state index is 5.45. The molecule has 4 nitrogen and oxygen atoms in total. The SMILES string of the molecule is CCOC1CC(Nc2nncs2)C1. The van der Waals surface area contributed by atoms with Crippen LogP contribution in [0.4, 0.5) is 5.13 Å². The number of hydrogen-bond donors (Lipinski definition) is 1. The highest BCUT2D eigenvalue weighted by Gasteiger charge is 2.29. The van der Waals surface area contributed by atoms with Crippen LogP contribution in [-0.4, -0.2) is 29.0 Å². The standard InChI is InChI=1S/C8H13N3OS/c1-2-12-7-3-6(4-7)10-8-11-9-5-13-8/h5-7H,2-4H2,1H3,(H,10,11). The lowest BCUT2D eigenvalue weighted by Crippen LogP contribution is -2.40. The fourth-order valence-corrected chi connectivity index (χ4v) is 1.99. The molecule has 0 bridgehead atoms. The summed E-state index contributed by atoms with van der Waals surface area (Å²) in [7, 11) is 0. The first-order valence-electron chi connectivity index (χ1n) is 4.52. The summed E-state index contributed by atoms with van der Waals surface area (Å²) < 4.78 is 5.45. The predicted octanol–water partition coefficient (Wildman–Crippen LogP) is 1.52. The van der Waals surface area contributed by atoms with Crippen LogP contribution in [0.2, 0.25) is 0 Å². The Morgan fingerprint density at radius 3 is 3.15 bits per heavy atom. The molecule has 1 aliphatic carbocycles. The van der Waals surface area contributed by atoms with Crippen molar-refractivity contribution in [2.24, 2.45) is 0 Å². The molecule has 1 aromatic heterocycles. The third kappa shape index (κ3) is 2.16. The Bertz CT molecular complexity index is 246. The molecule has 0 amide bonds. The molecule has 1 heterocycles. The third-order valence-electron chi connectivity index (χ3n) is 2.18. The van der Waals surface area contributed by atoms with Gasteiger partial charge in [-0.25, -0.2) is 0 Å². The fraction of sp³-hybridized carbons (Fsp3) is 0.750. The predicted molar refractivity (Wildman–Crippen MR) is 52.0 cm³/mol. The van der Waals surface area contributed by atoms with Gasteiger partial charge in [0.1, 0.15) is 5.51 Å². The van der Waals surface area contributed by atoms with Crippen molar-refractivity contribution in [1.82, 2.24) is 10.2 Å². The molecule has 0 saturated heterocycles. The average Bonchev–Trinajstić information content (AvgIpc) is 2.53. The molecule has 13 heavy (non-hydrogen) atoms. The molecular formula is C8H13N3OS. The van der Waals surface area contributed by atoms with E-state index in [-0.39, 0.29) is 0 Å². The van der Waals surface area contributed by atoms with Gasteiger partial charge in [0, 0.05) is 12.6 Å². The van der Waals surface area contributed by atoms with E-state index in [1.807, 2.05) is 6.92 Å². The average molecular weight is 199 g/mol. The van der Waals surface area contributed by atoms with Gasteiger partial charge in [-0.15, -0.1) is 10.2 Å². The van der Waals surface area contributed by atoms with Crippen molar-refractivity contribution in [1.29, 1.82) is 0 Å². The van der Waals surface area contributed by atoms with Crippen LogP contribution in [-0.2, 0) is 4.74 Å². The topological polar surface area (TPSA) is 47.0 Å². The van der Waals surface area contributed by atoms with Crippen molar-refractivity contribution in [3.05, 3.63) is 5.51 Å². The molecule has 2 rings (SSSR count). The summed E-state index contributed by atoms with van der Waals surface area (Å²) in [5, 5.41) is 11.9. The number of nitrogens with one attached hydrogen (secondary N) is 1. The molecule has 0 atom stereocenters. The van der Waals surface area contributed by atoms with Gasteiger partial charge >= 0.3 is 0 Å². The smallest absolute Gasteiger partial charge is 0.205 e. The van der Waals surface area contributed by atoms with Crippen LogP contribution >= 0.6 is 11.3 Å². The van der Waals surface area contributed by atoms with Crippen molar-refractivity contribution in [3.8, 4) is 0 Å². The highest BCUT2D eigenvalue weighted by atomic mass is 32.1. The zero-order valence-corrected chi connectivity index (χ0v) is 8.38. The van der Waals surface area contributed by atoms with Crippen molar-refractivity contribution >= 4 is 16.5 Å². The van der Waals surface area contributed by atoms with Gasteiger partial charge in [0.2, 0.25) is 5.13 Å². The van der Waals surface area contributed by atoms with Crippen molar-refractivity contribution < 1.29 is 4.74 Å². The number of hydrogen-bond acceptors (Lipinski definition) is 5. The van der Waals surface area contributed by atoms with Gasteiger partial charge in [-0.05, 0) is 19.8 Å². The van der Waals surface area contributed by atoms with E-state index in [0.29, 0.717) is 12.1 Å². The van der Waals surface area contributed by atoms with Crippen LogP contribution in [0.3, 0.4) is 0 Å². The van der Waals surface area contributed by atoms with E-state index in [9.17, 15) is 0 Å². The second-order valence-corrected chi connectivity index (χ2v) is 3.97. The lowest BCUT2D eigenvalue weighted by atomic mass is 9.89. The molecule has 5 heteroatoms. The van der Waals surface area contributed by atoms with E-state index < -0.39 is 0 Å². The van der Waals surface area contributed by atoms with E-state index in [1.54, 1.807) is 16.8 Å². The summed E-state index contributed by atoms with van der Waals surface area (Å²) in [5.41, 5.74) is 1.74. The van der Waals surface area contributed by atoms with Crippen LogP contribution in [0.15, 0.2) is 5.51 Å². The molecular weight excluding hydrogens is 186 g/mol. The fourth-order valence-electron chi connectivity index (χ4n) is 1.47. The Morgan fingerprint density at radius 2 is 2.54 bits per heavy atom. The lowest BCUT2D eigenvalue weighted by molar-refractivity contribution is 0.00298. The summed E-state index contributed by atoms with van der Waals surface area (Å²) in [5.74, 6) is 0. The minimum absolute atomic E-state index is 0.454. The van der Waals surface area contributed by atoms with Crippen LogP contribution in [0.5, 0.6) is 0 Å². The molecule has 1 aromatic rings. The van der Waals surface area contributed by atoms with Crippen molar-refractivity contribution in [2.45, 2.75) is 31.9 Å². The molecule has 1 saturated carbocycles. The van der Waals surface area contributed by atoms with E-state index in [1.165, 1.54) is 0 Å². The maximum Gasteiger partial charge on any atom is 0.205 e. The summed E-state index contributed by atoms with van der Waals surface area (Å²) in [6, 6.07) is 0.532. The minimum Gasteiger partial charge on any atom is -0.378 e. The summed E-state index contributed by atoms with van der Waals surface area (Å²) in [6.45, 7) is 2.85. The molecule has 1 fully saturated rings. The third-order valence-corrected chi connectivity index (χ3v) is 2.81. The molecule has 72 valence electrons. The van der Waals surface area contributed by atoms with Gasteiger partial charge in [-0.1, -0.05) is 11.3 Å². The number of aromatic nitrogens is 2. The first-order chi connectivity index (χ1) is 6.38. The Balaban J connectivity index is 1.70. The number of rotatable bonds is 4. The van der Waals surface area contributed by atoms with Gasteiger partial charge in [-0.3, -0.25) is 0 Å². The van der Waals surface area contributed by atoms with E-state index in [4.69, 9.17) is 4.74 Å². The number of ether oxygens (including phenoxy) is 1. The number of nitrogens with zero attached hydrogens (tertiary/aromatic N) is 2. The highest BCUT2D eigenvalue weighted by Crippen LogP contribution is 2.26. The largest absolute Gasteiger partial charge is 0.378 e. The van der Waals surface area contributed by atoms with Crippen LogP contribution in [0.1, 0.15) is 19.8 Å². The summed E-state index contributed by atoms with van der Waals surface area (Å²) >= 11 is 1.54. The van der Waals surface area contributed by atoms with E-state index in [0.717, 1.165) is 24.6 Å². The van der Waals surface area contributed by atoms with E-state index in [2.05, 4.69) is 15.5 Å². The molecule has 0 radical (unpaired) electrons. The zero-order valence-electron chi connectivity index (χ0n) is 7.56. The molecule has 1 aliphatic rings. The van der Waals surface area contributed by atoms with Gasteiger partial charge in [0.05, 0.1) is 6.10 Å². The quantitative estimate of drug-likeness (QED) is 0.798. The Kier molecular flexibility index (Phi) is 2.75. The second kappa shape index (κ2) is 4.02. The lowest BCUT2D eigenvalue weighted by Gasteiger charge is -2.35. The molecule has 0 aliphatic heterocycles. The minimum atomic E-state index is 0.454.